The molecule has 2 aromatic rings. The predicted molar refractivity (Wildman–Crippen MR) is 122 cm³/mol. The number of hydrogen-bond donors (Lipinski definition) is 1. The lowest BCUT2D eigenvalue weighted by Crippen LogP contribution is -2.13. The summed E-state index contributed by atoms with van der Waals surface area (Å²) in [6, 6.07) is 13.3. The molecule has 0 aliphatic rings. The number of nitrogens with one attached hydrogen (secondary N) is 1. The van der Waals surface area contributed by atoms with Crippen LogP contribution in [0.4, 0.5) is 0 Å². The van der Waals surface area contributed by atoms with Crippen molar-refractivity contribution in [2.75, 3.05) is 13.8 Å². The lowest BCUT2D eigenvalue weighted by atomic mass is 9.95. The highest BCUT2D eigenvalue weighted by Gasteiger charge is 2.14. The Bertz CT molecular complexity index is 950. The molecule has 1 N–H and O–H groups in total. The third-order valence-electron chi connectivity index (χ3n) is 4.27. The molecule has 0 atom stereocenters. The van der Waals surface area contributed by atoms with Crippen molar-refractivity contribution >= 4 is 41.9 Å². The highest BCUT2D eigenvalue weighted by Crippen LogP contribution is 2.23. The maximum absolute atomic E-state index is 11.7. The van der Waals surface area contributed by atoms with Crippen molar-refractivity contribution in [3.05, 3.63) is 75.4 Å². The van der Waals surface area contributed by atoms with Crippen molar-refractivity contribution in [2.45, 2.75) is 25.7 Å². The molecule has 0 radical (unpaired) electrons. The second-order valence-corrected chi connectivity index (χ2v) is 7.59. The highest BCUT2D eigenvalue weighted by atomic mass is 35.5. The van der Waals surface area contributed by atoms with Gasteiger partial charge in [0, 0.05) is 16.0 Å². The Morgan fingerprint density at radius 1 is 1.21 bits per heavy atom. The molecule has 0 saturated heterocycles. The number of halogens is 1. The molecule has 2 rings (SSSR count). The van der Waals surface area contributed by atoms with E-state index in [2.05, 4.69) is 16.4 Å². The van der Waals surface area contributed by atoms with Gasteiger partial charge in [-0.05, 0) is 68.8 Å². The molecule has 7 heteroatoms. The summed E-state index contributed by atoms with van der Waals surface area (Å²) in [5.41, 5.74) is 5.28. The lowest BCUT2D eigenvalue weighted by Gasteiger charge is -2.14. The van der Waals surface area contributed by atoms with Crippen molar-refractivity contribution < 1.29 is 9.53 Å². The number of ether oxygens (including phenoxy) is 1. The molecule has 0 bridgehead atoms. The number of hydrogen-bond acceptors (Lipinski definition) is 6. The Hall–Kier alpha value is -2.41. The first kappa shape index (κ1) is 22.9. The van der Waals surface area contributed by atoms with Crippen LogP contribution in [0.5, 0.6) is 0 Å². The Morgan fingerprint density at radius 3 is 2.48 bits per heavy atom. The van der Waals surface area contributed by atoms with Crippen LogP contribution in [0, 0.1) is 13.8 Å². The molecule has 152 valence electrons. The average molecular weight is 430 g/mol. The smallest absolute Gasteiger partial charge is 0.337 e. The summed E-state index contributed by atoms with van der Waals surface area (Å²) in [5.74, 6) is -0.366. The Morgan fingerprint density at radius 2 is 1.86 bits per heavy atom. The van der Waals surface area contributed by atoms with Crippen LogP contribution in [0.2, 0.25) is 0 Å². The van der Waals surface area contributed by atoms with E-state index in [9.17, 15) is 4.79 Å². The average Bonchev–Trinajstić information content (AvgIpc) is 2.73. The second-order valence-electron chi connectivity index (χ2n) is 6.27. The monoisotopic (exact) mass is 429 g/mol. The molecule has 0 aliphatic carbocycles. The van der Waals surface area contributed by atoms with Crippen LogP contribution in [0.1, 0.15) is 34.0 Å². The van der Waals surface area contributed by atoms with Gasteiger partial charge in [0.05, 0.1) is 25.1 Å². The van der Waals surface area contributed by atoms with Gasteiger partial charge in [0.2, 0.25) is 0 Å². The number of esters is 1. The van der Waals surface area contributed by atoms with Gasteiger partial charge in [-0.15, -0.1) is 0 Å². The molecule has 0 saturated carbocycles. The van der Waals surface area contributed by atoms with Crippen molar-refractivity contribution in [3.8, 4) is 0 Å². The highest BCUT2D eigenvalue weighted by molar-refractivity contribution is 7.97. The van der Waals surface area contributed by atoms with Crippen LogP contribution in [0.3, 0.4) is 0 Å². The molecule has 0 heterocycles. The SMILES string of the molecule is C=N/C(Cl)=C(/C)C(=NCNSc1cccc(C(=O)OC)c1)c1c(C)cccc1C. The first-order valence-corrected chi connectivity index (χ1v) is 10.1. The summed E-state index contributed by atoms with van der Waals surface area (Å²) >= 11 is 7.62. The van der Waals surface area contributed by atoms with Gasteiger partial charge in [0.1, 0.15) is 5.16 Å². The zero-order valence-corrected chi connectivity index (χ0v) is 18.5. The molecule has 5 nitrogen and oxygen atoms in total. The van der Waals surface area contributed by atoms with E-state index in [-0.39, 0.29) is 5.97 Å². The van der Waals surface area contributed by atoms with Crippen LogP contribution >= 0.6 is 23.5 Å². The number of methoxy groups -OCH3 is 1. The Kier molecular flexibility index (Phi) is 8.64. The quantitative estimate of drug-likeness (QED) is 0.203. The van der Waals surface area contributed by atoms with E-state index in [1.165, 1.54) is 19.1 Å². The van der Waals surface area contributed by atoms with Gasteiger partial charge in [-0.25, -0.2) is 9.52 Å². The summed E-state index contributed by atoms with van der Waals surface area (Å²) in [6.07, 6.45) is 0. The van der Waals surface area contributed by atoms with Gasteiger partial charge in [-0.2, -0.15) is 0 Å². The summed E-state index contributed by atoms with van der Waals surface area (Å²) in [5, 5.41) is 0.324. The predicted octanol–water partition coefficient (Wildman–Crippen LogP) is 5.30. The number of aliphatic imine (C=N–C) groups is 2. The minimum absolute atomic E-state index is 0.324. The molecule has 0 fully saturated rings. The number of aryl methyl sites for hydroxylation is 2. The fraction of sp³-hybridized carbons (Fsp3) is 0.227. The second kappa shape index (κ2) is 11.0. The normalized spacial score (nSPS) is 12.4. The number of carbonyl (C=O) groups excluding carboxylic acids is 1. The molecular weight excluding hydrogens is 406 g/mol. The third kappa shape index (κ3) is 6.03. The van der Waals surface area contributed by atoms with Crippen LogP contribution in [0.25, 0.3) is 0 Å². The van der Waals surface area contributed by atoms with E-state index in [0.717, 1.165) is 32.9 Å². The van der Waals surface area contributed by atoms with E-state index in [1.807, 2.05) is 51.1 Å². The molecule has 2 aromatic carbocycles. The Balaban J connectivity index is 2.23. The Labute approximate surface area is 181 Å². The van der Waals surface area contributed by atoms with Crippen LogP contribution < -0.4 is 4.72 Å². The van der Waals surface area contributed by atoms with Crippen LogP contribution in [-0.4, -0.2) is 32.2 Å². The van der Waals surface area contributed by atoms with Crippen LogP contribution in [0.15, 0.2) is 68.1 Å². The van der Waals surface area contributed by atoms with E-state index in [1.54, 1.807) is 12.1 Å². The van der Waals surface area contributed by atoms with E-state index in [0.29, 0.717) is 17.4 Å². The van der Waals surface area contributed by atoms with Gasteiger partial charge < -0.3 is 4.74 Å². The number of nitrogens with zero attached hydrogens (tertiary/aromatic N) is 2. The number of allylic oxidation sites excluding steroid dienone is 1. The molecular formula is C22H24ClN3O2S. The molecule has 0 unspecified atom stereocenters. The van der Waals surface area contributed by atoms with Gasteiger partial charge in [0.25, 0.3) is 0 Å². The van der Waals surface area contributed by atoms with Crippen molar-refractivity contribution in [3.63, 3.8) is 0 Å². The van der Waals surface area contributed by atoms with Crippen molar-refractivity contribution in [1.82, 2.24) is 4.72 Å². The minimum Gasteiger partial charge on any atom is -0.465 e. The number of carbonyl (C=O) groups is 1. The molecule has 0 amide bonds. The van der Waals surface area contributed by atoms with E-state index in [4.69, 9.17) is 21.3 Å². The summed E-state index contributed by atoms with van der Waals surface area (Å²) in [4.78, 5) is 21.1. The molecule has 0 aromatic heterocycles. The van der Waals surface area contributed by atoms with Gasteiger partial charge in [0.15, 0.2) is 0 Å². The zero-order valence-electron chi connectivity index (χ0n) is 17.0. The third-order valence-corrected chi connectivity index (χ3v) is 5.43. The van der Waals surface area contributed by atoms with E-state index >= 15 is 0 Å². The molecule has 0 aliphatic heterocycles. The number of benzene rings is 2. The molecule has 29 heavy (non-hydrogen) atoms. The van der Waals surface area contributed by atoms with Crippen molar-refractivity contribution in [1.29, 1.82) is 0 Å². The van der Waals surface area contributed by atoms with E-state index < -0.39 is 0 Å². The summed E-state index contributed by atoms with van der Waals surface area (Å²) in [7, 11) is 1.36. The van der Waals surface area contributed by atoms with Gasteiger partial charge >= 0.3 is 5.97 Å². The lowest BCUT2D eigenvalue weighted by molar-refractivity contribution is 0.0600. The van der Waals surface area contributed by atoms with Crippen LogP contribution in [-0.2, 0) is 4.74 Å². The minimum atomic E-state index is -0.366. The van der Waals surface area contributed by atoms with Crippen molar-refractivity contribution in [2.24, 2.45) is 9.98 Å². The maximum Gasteiger partial charge on any atom is 0.337 e. The summed E-state index contributed by atoms with van der Waals surface area (Å²) in [6.45, 7) is 9.83. The van der Waals surface area contributed by atoms with Gasteiger partial charge in [-0.3, -0.25) is 9.98 Å². The van der Waals surface area contributed by atoms with Gasteiger partial charge in [-0.1, -0.05) is 35.9 Å². The largest absolute Gasteiger partial charge is 0.465 e. The fourth-order valence-corrected chi connectivity index (χ4v) is 3.54. The first-order chi connectivity index (χ1) is 13.9. The molecule has 0 spiro atoms. The summed E-state index contributed by atoms with van der Waals surface area (Å²) < 4.78 is 7.96. The first-order valence-electron chi connectivity index (χ1n) is 8.91. The maximum atomic E-state index is 11.7. The topological polar surface area (TPSA) is 63.0 Å². The standard InChI is InChI=1S/C22H24ClN3O2S/c1-14-8-6-9-15(2)19(14)20(16(3)21(23)24-4)25-13-26-29-18-11-7-10-17(12-18)22(27)28-5/h6-12,26H,4,13H2,1-3,5H3/b21-16-,25-20?. The fourth-order valence-electron chi connectivity index (χ4n) is 2.82. The number of rotatable bonds is 8. The zero-order chi connectivity index (χ0) is 21.4.